The van der Waals surface area contributed by atoms with E-state index in [4.69, 9.17) is 0 Å². The maximum atomic E-state index is 9.61. The lowest BCUT2D eigenvalue weighted by molar-refractivity contribution is 0.475. The van der Waals surface area contributed by atoms with Crippen LogP contribution in [0.4, 0.5) is 0 Å². The molecule has 0 radical (unpaired) electrons. The number of rotatable bonds is 5. The highest BCUT2D eigenvalue weighted by Gasteiger charge is 2.06. The Morgan fingerprint density at radius 1 is 1.11 bits per heavy atom. The topological polar surface area (TPSA) is 32.3 Å². The zero-order valence-electron chi connectivity index (χ0n) is 11.6. The van der Waals surface area contributed by atoms with Gasteiger partial charge in [0.2, 0.25) is 0 Å². The van der Waals surface area contributed by atoms with Gasteiger partial charge in [-0.05, 0) is 42.2 Å². The second-order valence-corrected chi connectivity index (χ2v) is 4.90. The van der Waals surface area contributed by atoms with Crippen molar-refractivity contribution in [3.8, 4) is 16.9 Å². The number of phenolic OH excluding ortho intramolecular Hbond substituents is 1. The van der Waals surface area contributed by atoms with Gasteiger partial charge < -0.3 is 10.4 Å². The summed E-state index contributed by atoms with van der Waals surface area (Å²) in [7, 11) is 0. The van der Waals surface area contributed by atoms with Gasteiger partial charge in [-0.25, -0.2) is 0 Å². The molecule has 0 unspecified atom stereocenters. The standard InChI is InChI=1S/C17H21NO/c1-3-13(2)18-12-15-7-4-5-10-17(15)14-8-6-9-16(19)11-14/h4-11,13,18-19H,3,12H2,1-2H3/t13-/m0/s1. The smallest absolute Gasteiger partial charge is 0.116 e. The number of phenols is 1. The summed E-state index contributed by atoms with van der Waals surface area (Å²) in [5.74, 6) is 0.308. The van der Waals surface area contributed by atoms with Gasteiger partial charge in [-0.2, -0.15) is 0 Å². The Bertz CT molecular complexity index is 536. The van der Waals surface area contributed by atoms with Crippen molar-refractivity contribution in [2.45, 2.75) is 32.9 Å². The van der Waals surface area contributed by atoms with Crippen LogP contribution >= 0.6 is 0 Å². The molecule has 2 nitrogen and oxygen atoms in total. The van der Waals surface area contributed by atoms with Crippen molar-refractivity contribution in [1.29, 1.82) is 0 Å². The van der Waals surface area contributed by atoms with Crippen LogP contribution in [-0.4, -0.2) is 11.1 Å². The summed E-state index contributed by atoms with van der Waals surface area (Å²) in [4.78, 5) is 0. The van der Waals surface area contributed by atoms with Crippen LogP contribution in [0.1, 0.15) is 25.8 Å². The fourth-order valence-corrected chi connectivity index (χ4v) is 2.06. The third kappa shape index (κ3) is 3.58. The van der Waals surface area contributed by atoms with Crippen LogP contribution < -0.4 is 5.32 Å². The fourth-order valence-electron chi connectivity index (χ4n) is 2.06. The van der Waals surface area contributed by atoms with E-state index >= 15 is 0 Å². The fraction of sp³-hybridized carbons (Fsp3) is 0.294. The Morgan fingerprint density at radius 3 is 2.63 bits per heavy atom. The number of hydrogen-bond acceptors (Lipinski definition) is 2. The van der Waals surface area contributed by atoms with Crippen LogP contribution in [0.25, 0.3) is 11.1 Å². The molecule has 2 N–H and O–H groups in total. The van der Waals surface area contributed by atoms with E-state index in [1.807, 2.05) is 24.3 Å². The first kappa shape index (κ1) is 13.6. The van der Waals surface area contributed by atoms with E-state index in [1.165, 1.54) is 11.1 Å². The molecule has 100 valence electrons. The van der Waals surface area contributed by atoms with Crippen LogP contribution in [0.15, 0.2) is 48.5 Å². The van der Waals surface area contributed by atoms with Crippen molar-refractivity contribution in [3.63, 3.8) is 0 Å². The molecule has 0 amide bonds. The minimum absolute atomic E-state index is 0.308. The molecule has 0 fully saturated rings. The second kappa shape index (κ2) is 6.39. The van der Waals surface area contributed by atoms with E-state index in [-0.39, 0.29) is 0 Å². The van der Waals surface area contributed by atoms with Crippen LogP contribution in [0, 0.1) is 0 Å². The summed E-state index contributed by atoms with van der Waals surface area (Å²) in [5, 5.41) is 13.1. The Kier molecular flexibility index (Phi) is 4.58. The summed E-state index contributed by atoms with van der Waals surface area (Å²) in [6, 6.07) is 16.2. The highest BCUT2D eigenvalue weighted by Crippen LogP contribution is 2.26. The van der Waals surface area contributed by atoms with E-state index in [9.17, 15) is 5.11 Å². The minimum atomic E-state index is 0.308. The summed E-state index contributed by atoms with van der Waals surface area (Å²) in [6.07, 6.45) is 1.12. The van der Waals surface area contributed by atoms with Gasteiger partial charge in [0.05, 0.1) is 0 Å². The summed E-state index contributed by atoms with van der Waals surface area (Å²) in [5.41, 5.74) is 3.49. The maximum Gasteiger partial charge on any atom is 0.116 e. The minimum Gasteiger partial charge on any atom is -0.508 e. The lowest BCUT2D eigenvalue weighted by Crippen LogP contribution is -2.24. The Balaban J connectivity index is 2.26. The second-order valence-electron chi connectivity index (χ2n) is 4.90. The molecular weight excluding hydrogens is 234 g/mol. The van der Waals surface area contributed by atoms with Gasteiger partial charge in [-0.1, -0.05) is 43.3 Å². The number of nitrogens with one attached hydrogen (secondary N) is 1. The van der Waals surface area contributed by atoms with Crippen molar-refractivity contribution >= 4 is 0 Å². The first-order valence-electron chi connectivity index (χ1n) is 6.81. The summed E-state index contributed by atoms with van der Waals surface area (Å²) >= 11 is 0. The Morgan fingerprint density at radius 2 is 1.89 bits per heavy atom. The van der Waals surface area contributed by atoms with Crippen LogP contribution in [0.3, 0.4) is 0 Å². The van der Waals surface area contributed by atoms with Crippen LogP contribution in [0.2, 0.25) is 0 Å². The van der Waals surface area contributed by atoms with E-state index < -0.39 is 0 Å². The average Bonchev–Trinajstić information content (AvgIpc) is 2.45. The van der Waals surface area contributed by atoms with Gasteiger partial charge in [0.1, 0.15) is 5.75 Å². The van der Waals surface area contributed by atoms with Gasteiger partial charge in [-0.3, -0.25) is 0 Å². The number of benzene rings is 2. The normalized spacial score (nSPS) is 12.3. The molecule has 0 saturated heterocycles. The summed E-state index contributed by atoms with van der Waals surface area (Å²) in [6.45, 7) is 5.22. The highest BCUT2D eigenvalue weighted by atomic mass is 16.3. The van der Waals surface area contributed by atoms with E-state index in [0.29, 0.717) is 11.8 Å². The molecule has 0 aromatic heterocycles. The molecule has 2 heteroatoms. The molecule has 0 bridgehead atoms. The Labute approximate surface area is 115 Å². The van der Waals surface area contributed by atoms with Crippen molar-refractivity contribution in [1.82, 2.24) is 5.32 Å². The lowest BCUT2D eigenvalue weighted by Gasteiger charge is -2.14. The van der Waals surface area contributed by atoms with Gasteiger partial charge in [0.25, 0.3) is 0 Å². The number of hydrogen-bond donors (Lipinski definition) is 2. The van der Waals surface area contributed by atoms with Crippen molar-refractivity contribution in [2.75, 3.05) is 0 Å². The predicted octanol–water partition coefficient (Wildman–Crippen LogP) is 3.95. The van der Waals surface area contributed by atoms with Crippen molar-refractivity contribution in [2.24, 2.45) is 0 Å². The largest absolute Gasteiger partial charge is 0.508 e. The molecule has 0 saturated carbocycles. The third-order valence-electron chi connectivity index (χ3n) is 3.43. The molecule has 0 heterocycles. The average molecular weight is 255 g/mol. The van der Waals surface area contributed by atoms with Gasteiger partial charge in [-0.15, -0.1) is 0 Å². The van der Waals surface area contributed by atoms with E-state index in [2.05, 4.69) is 37.4 Å². The number of aromatic hydroxyl groups is 1. The molecule has 2 aromatic carbocycles. The molecule has 2 aromatic rings. The molecule has 2 rings (SSSR count). The van der Waals surface area contributed by atoms with E-state index in [0.717, 1.165) is 18.5 Å². The highest BCUT2D eigenvalue weighted by molar-refractivity contribution is 5.68. The molecule has 0 aliphatic rings. The van der Waals surface area contributed by atoms with Crippen molar-refractivity contribution < 1.29 is 5.11 Å². The quantitative estimate of drug-likeness (QED) is 0.848. The van der Waals surface area contributed by atoms with Gasteiger partial charge in [0, 0.05) is 12.6 Å². The van der Waals surface area contributed by atoms with Gasteiger partial charge >= 0.3 is 0 Å². The molecule has 0 aliphatic carbocycles. The molecular formula is C17H21NO. The third-order valence-corrected chi connectivity index (χ3v) is 3.43. The zero-order chi connectivity index (χ0) is 13.7. The van der Waals surface area contributed by atoms with Crippen LogP contribution in [0.5, 0.6) is 5.75 Å². The first-order valence-corrected chi connectivity index (χ1v) is 6.81. The molecule has 19 heavy (non-hydrogen) atoms. The summed E-state index contributed by atoms with van der Waals surface area (Å²) < 4.78 is 0. The maximum absolute atomic E-state index is 9.61. The monoisotopic (exact) mass is 255 g/mol. The molecule has 0 aliphatic heterocycles. The molecule has 1 atom stereocenters. The Hall–Kier alpha value is -1.80. The van der Waals surface area contributed by atoms with E-state index in [1.54, 1.807) is 6.07 Å². The first-order chi connectivity index (χ1) is 9.20. The molecule has 0 spiro atoms. The lowest BCUT2D eigenvalue weighted by atomic mass is 9.99. The van der Waals surface area contributed by atoms with Crippen LogP contribution in [-0.2, 0) is 6.54 Å². The van der Waals surface area contributed by atoms with Gasteiger partial charge in [0.15, 0.2) is 0 Å². The zero-order valence-corrected chi connectivity index (χ0v) is 11.6. The van der Waals surface area contributed by atoms with Crippen molar-refractivity contribution in [3.05, 3.63) is 54.1 Å². The SMILES string of the molecule is CC[C@H](C)NCc1ccccc1-c1cccc(O)c1. The predicted molar refractivity (Wildman–Crippen MR) is 80.1 cm³/mol.